The van der Waals surface area contributed by atoms with Gasteiger partial charge in [-0.05, 0) is 18.6 Å². The van der Waals surface area contributed by atoms with Gasteiger partial charge in [-0.1, -0.05) is 0 Å². The van der Waals surface area contributed by atoms with Gasteiger partial charge in [0.15, 0.2) is 11.4 Å². The molecule has 0 atom stereocenters. The van der Waals surface area contributed by atoms with E-state index in [1.807, 2.05) is 0 Å². The third-order valence-electron chi connectivity index (χ3n) is 2.22. The van der Waals surface area contributed by atoms with Crippen molar-refractivity contribution in [3.63, 3.8) is 0 Å². The minimum absolute atomic E-state index is 0.0679. The highest BCUT2D eigenvalue weighted by atomic mass is 19.3. The highest BCUT2D eigenvalue weighted by Crippen LogP contribution is 2.27. The SMILES string of the molecule is CCOC(=O)c1nc(C(F)F)c(CN)cc1OC. The second kappa shape index (κ2) is 6.25. The first-order valence-corrected chi connectivity index (χ1v) is 5.28. The summed E-state index contributed by atoms with van der Waals surface area (Å²) in [4.78, 5) is 15.2. The molecule has 1 aromatic heterocycles. The summed E-state index contributed by atoms with van der Waals surface area (Å²) in [6.07, 6.45) is -2.82. The van der Waals surface area contributed by atoms with Crippen molar-refractivity contribution >= 4 is 5.97 Å². The Morgan fingerprint density at radius 1 is 1.56 bits per heavy atom. The van der Waals surface area contributed by atoms with Crippen molar-refractivity contribution in [2.24, 2.45) is 5.73 Å². The summed E-state index contributed by atoms with van der Waals surface area (Å²) < 4.78 is 35.2. The lowest BCUT2D eigenvalue weighted by Crippen LogP contribution is -2.14. The van der Waals surface area contributed by atoms with E-state index < -0.39 is 18.1 Å². The van der Waals surface area contributed by atoms with E-state index in [4.69, 9.17) is 15.2 Å². The van der Waals surface area contributed by atoms with Crippen molar-refractivity contribution in [1.29, 1.82) is 0 Å². The number of hydrogen-bond acceptors (Lipinski definition) is 5. The number of nitrogens with zero attached hydrogens (tertiary/aromatic N) is 1. The highest BCUT2D eigenvalue weighted by Gasteiger charge is 2.23. The Bertz CT molecular complexity index is 439. The first-order valence-electron chi connectivity index (χ1n) is 5.28. The zero-order valence-corrected chi connectivity index (χ0v) is 10.1. The fraction of sp³-hybridized carbons (Fsp3) is 0.455. The second-order valence-electron chi connectivity index (χ2n) is 3.31. The number of aromatic nitrogens is 1. The number of methoxy groups -OCH3 is 1. The van der Waals surface area contributed by atoms with Gasteiger partial charge in [0.05, 0.1) is 13.7 Å². The number of hydrogen-bond donors (Lipinski definition) is 1. The molecule has 0 aliphatic carbocycles. The van der Waals surface area contributed by atoms with Gasteiger partial charge in [0.2, 0.25) is 0 Å². The molecule has 0 aliphatic heterocycles. The lowest BCUT2D eigenvalue weighted by Gasteiger charge is -2.12. The van der Waals surface area contributed by atoms with Crippen LogP contribution < -0.4 is 10.5 Å². The molecule has 0 spiro atoms. The molecule has 0 unspecified atom stereocenters. The molecule has 0 amide bonds. The van der Waals surface area contributed by atoms with E-state index in [0.29, 0.717) is 0 Å². The van der Waals surface area contributed by atoms with Crippen LogP contribution in [-0.2, 0) is 11.3 Å². The van der Waals surface area contributed by atoms with Crippen LogP contribution >= 0.6 is 0 Å². The minimum atomic E-state index is -2.82. The van der Waals surface area contributed by atoms with Crippen LogP contribution in [0.15, 0.2) is 6.07 Å². The summed E-state index contributed by atoms with van der Waals surface area (Å²) in [5, 5.41) is 0. The van der Waals surface area contributed by atoms with Crippen LogP contribution in [0.1, 0.15) is 35.1 Å². The maximum absolute atomic E-state index is 12.8. The summed E-state index contributed by atoms with van der Waals surface area (Å²) in [7, 11) is 1.31. The molecule has 2 N–H and O–H groups in total. The summed E-state index contributed by atoms with van der Waals surface area (Å²) in [5.41, 5.74) is 4.69. The van der Waals surface area contributed by atoms with E-state index in [-0.39, 0.29) is 30.2 Å². The van der Waals surface area contributed by atoms with Gasteiger partial charge in [0, 0.05) is 6.54 Å². The Hall–Kier alpha value is -1.76. The van der Waals surface area contributed by atoms with Crippen LogP contribution in [0.5, 0.6) is 5.75 Å². The van der Waals surface area contributed by atoms with Gasteiger partial charge < -0.3 is 15.2 Å². The molecule has 7 heteroatoms. The van der Waals surface area contributed by atoms with E-state index in [2.05, 4.69) is 4.98 Å². The summed E-state index contributed by atoms with van der Waals surface area (Å²) in [6.45, 7) is 1.60. The van der Waals surface area contributed by atoms with Gasteiger partial charge in [-0.15, -0.1) is 0 Å². The molecule has 0 fully saturated rings. The summed E-state index contributed by atoms with van der Waals surface area (Å²) in [6, 6.07) is 1.28. The molecule has 0 aromatic carbocycles. The molecule has 1 aromatic rings. The number of pyridine rings is 1. The molecule has 0 bridgehead atoms. The zero-order chi connectivity index (χ0) is 13.7. The van der Waals surface area contributed by atoms with Gasteiger partial charge in [-0.2, -0.15) is 0 Å². The number of nitrogens with two attached hydrogens (primary N) is 1. The van der Waals surface area contributed by atoms with Crippen molar-refractivity contribution in [2.75, 3.05) is 13.7 Å². The molecule has 0 radical (unpaired) electrons. The minimum Gasteiger partial charge on any atom is -0.494 e. The number of ether oxygens (including phenoxy) is 2. The molecule has 1 heterocycles. The van der Waals surface area contributed by atoms with E-state index in [1.165, 1.54) is 13.2 Å². The average molecular weight is 260 g/mol. The Balaban J connectivity index is 3.31. The van der Waals surface area contributed by atoms with E-state index in [9.17, 15) is 13.6 Å². The fourth-order valence-corrected chi connectivity index (χ4v) is 1.40. The van der Waals surface area contributed by atoms with Crippen molar-refractivity contribution in [3.8, 4) is 5.75 Å². The Labute approximate surface area is 103 Å². The van der Waals surface area contributed by atoms with Gasteiger partial charge in [-0.25, -0.2) is 18.6 Å². The lowest BCUT2D eigenvalue weighted by atomic mass is 10.1. The van der Waals surface area contributed by atoms with Gasteiger partial charge in [-0.3, -0.25) is 0 Å². The zero-order valence-electron chi connectivity index (χ0n) is 10.1. The molecule has 0 saturated heterocycles. The van der Waals surface area contributed by atoms with Crippen LogP contribution in [0, 0.1) is 0 Å². The predicted molar refractivity (Wildman–Crippen MR) is 59.6 cm³/mol. The standard InChI is InChI=1S/C11H14F2N2O3/c1-3-18-11(16)9-7(17-2)4-6(5-14)8(15-9)10(12)13/h4,10H,3,5,14H2,1-2H3. The number of halogens is 2. The predicted octanol–water partition coefficient (Wildman–Crippen LogP) is 1.66. The first kappa shape index (κ1) is 14.3. The Kier molecular flexibility index (Phi) is 4.96. The van der Waals surface area contributed by atoms with Crippen molar-refractivity contribution in [1.82, 2.24) is 4.98 Å². The molecular formula is C11H14F2N2O3. The molecule has 18 heavy (non-hydrogen) atoms. The molecule has 0 saturated carbocycles. The summed E-state index contributed by atoms with van der Waals surface area (Å²) >= 11 is 0. The van der Waals surface area contributed by atoms with Gasteiger partial charge >= 0.3 is 5.97 Å². The van der Waals surface area contributed by atoms with Crippen LogP contribution in [0.3, 0.4) is 0 Å². The quantitative estimate of drug-likeness (QED) is 0.815. The molecule has 1 rings (SSSR count). The van der Waals surface area contributed by atoms with Crippen LogP contribution in [-0.4, -0.2) is 24.7 Å². The van der Waals surface area contributed by atoms with E-state index in [1.54, 1.807) is 6.92 Å². The van der Waals surface area contributed by atoms with Crippen molar-refractivity contribution in [3.05, 3.63) is 23.0 Å². The van der Waals surface area contributed by atoms with Crippen LogP contribution in [0.25, 0.3) is 0 Å². The molecule has 100 valence electrons. The Morgan fingerprint density at radius 2 is 2.22 bits per heavy atom. The average Bonchev–Trinajstić information content (AvgIpc) is 2.37. The molecular weight excluding hydrogens is 246 g/mol. The highest BCUT2D eigenvalue weighted by molar-refractivity contribution is 5.90. The van der Waals surface area contributed by atoms with Gasteiger partial charge in [0.1, 0.15) is 5.69 Å². The molecule has 0 aliphatic rings. The number of esters is 1. The number of carbonyl (C=O) groups is 1. The fourth-order valence-electron chi connectivity index (χ4n) is 1.40. The first-order chi connectivity index (χ1) is 8.54. The van der Waals surface area contributed by atoms with Crippen molar-refractivity contribution < 1.29 is 23.0 Å². The van der Waals surface area contributed by atoms with Crippen molar-refractivity contribution in [2.45, 2.75) is 19.9 Å². The third-order valence-corrected chi connectivity index (χ3v) is 2.22. The van der Waals surface area contributed by atoms with E-state index in [0.717, 1.165) is 0 Å². The monoisotopic (exact) mass is 260 g/mol. The normalized spacial score (nSPS) is 10.6. The topological polar surface area (TPSA) is 74.4 Å². The van der Waals surface area contributed by atoms with Crippen LogP contribution in [0.2, 0.25) is 0 Å². The summed E-state index contributed by atoms with van der Waals surface area (Å²) in [5.74, 6) is -0.738. The van der Waals surface area contributed by atoms with E-state index >= 15 is 0 Å². The second-order valence-corrected chi connectivity index (χ2v) is 3.31. The molecule has 5 nitrogen and oxygen atoms in total. The Morgan fingerprint density at radius 3 is 2.67 bits per heavy atom. The maximum atomic E-state index is 12.8. The number of rotatable bonds is 5. The van der Waals surface area contributed by atoms with Crippen LogP contribution in [0.4, 0.5) is 8.78 Å². The largest absolute Gasteiger partial charge is 0.494 e. The number of carbonyl (C=O) groups excluding carboxylic acids is 1. The number of alkyl halides is 2. The lowest BCUT2D eigenvalue weighted by molar-refractivity contribution is 0.0513. The van der Waals surface area contributed by atoms with Gasteiger partial charge in [0.25, 0.3) is 6.43 Å². The smallest absolute Gasteiger partial charge is 0.360 e. The third kappa shape index (κ3) is 2.92. The maximum Gasteiger partial charge on any atom is 0.360 e.